The third-order valence-corrected chi connectivity index (χ3v) is 2.91. The van der Waals surface area contributed by atoms with Gasteiger partial charge < -0.3 is 10.5 Å². The van der Waals surface area contributed by atoms with E-state index >= 15 is 0 Å². The molecule has 12 heavy (non-hydrogen) atoms. The summed E-state index contributed by atoms with van der Waals surface area (Å²) in [7, 11) is 0. The fourth-order valence-corrected chi connectivity index (χ4v) is 1.63. The first-order valence-corrected chi connectivity index (χ1v) is 4.57. The van der Waals surface area contributed by atoms with Gasteiger partial charge >= 0.3 is 0 Å². The van der Waals surface area contributed by atoms with Crippen molar-refractivity contribution in [3.63, 3.8) is 0 Å². The molecule has 0 aromatic rings. The second kappa shape index (κ2) is 3.71. The van der Waals surface area contributed by atoms with Crippen LogP contribution >= 0.6 is 0 Å². The van der Waals surface area contributed by atoms with Gasteiger partial charge in [0.2, 0.25) is 0 Å². The summed E-state index contributed by atoms with van der Waals surface area (Å²) in [4.78, 5) is 0. The molecule has 2 atom stereocenters. The van der Waals surface area contributed by atoms with Crippen molar-refractivity contribution in [3.8, 4) is 0 Å². The third-order valence-electron chi connectivity index (χ3n) is 2.91. The van der Waals surface area contributed by atoms with Gasteiger partial charge in [-0.25, -0.2) is 4.39 Å². The standard InChI is InChI=1S/C9H18FNO/c1-7(11)9(2,10)8-3-5-12-6-4-8/h7-8H,3-6,11H2,1-2H3. The van der Waals surface area contributed by atoms with Crippen molar-refractivity contribution in [2.45, 2.75) is 38.4 Å². The predicted molar refractivity (Wildman–Crippen MR) is 46.7 cm³/mol. The van der Waals surface area contributed by atoms with E-state index < -0.39 is 5.67 Å². The SMILES string of the molecule is CC(N)C(C)(F)C1CCOCC1. The third kappa shape index (κ3) is 1.96. The number of halogens is 1. The van der Waals surface area contributed by atoms with Gasteiger partial charge in [0.05, 0.1) is 0 Å². The van der Waals surface area contributed by atoms with Gasteiger partial charge in [0.15, 0.2) is 0 Å². The van der Waals surface area contributed by atoms with E-state index in [2.05, 4.69) is 0 Å². The molecule has 3 heteroatoms. The van der Waals surface area contributed by atoms with Crippen molar-refractivity contribution in [2.75, 3.05) is 13.2 Å². The molecule has 0 spiro atoms. The highest BCUT2D eigenvalue weighted by molar-refractivity contribution is 4.90. The Bertz CT molecular complexity index is 141. The van der Waals surface area contributed by atoms with E-state index in [1.54, 1.807) is 13.8 Å². The van der Waals surface area contributed by atoms with Gasteiger partial charge in [-0.05, 0) is 32.6 Å². The Morgan fingerprint density at radius 3 is 2.42 bits per heavy atom. The smallest absolute Gasteiger partial charge is 0.125 e. The van der Waals surface area contributed by atoms with E-state index in [9.17, 15) is 4.39 Å². The molecule has 0 amide bonds. The number of hydrogen-bond donors (Lipinski definition) is 1. The normalized spacial score (nSPS) is 28.0. The van der Waals surface area contributed by atoms with Crippen LogP contribution in [0.15, 0.2) is 0 Å². The summed E-state index contributed by atoms with van der Waals surface area (Å²) in [5.74, 6) is 0.0752. The Labute approximate surface area is 73.3 Å². The summed E-state index contributed by atoms with van der Waals surface area (Å²) in [6.45, 7) is 4.69. The summed E-state index contributed by atoms with van der Waals surface area (Å²) < 4.78 is 19.1. The van der Waals surface area contributed by atoms with Gasteiger partial charge in [0.1, 0.15) is 5.67 Å². The van der Waals surface area contributed by atoms with Gasteiger partial charge in [0, 0.05) is 19.3 Å². The molecule has 1 rings (SSSR count). The maximum atomic E-state index is 13.9. The van der Waals surface area contributed by atoms with Crippen molar-refractivity contribution in [1.82, 2.24) is 0 Å². The quantitative estimate of drug-likeness (QED) is 0.690. The van der Waals surface area contributed by atoms with Crippen LogP contribution in [0.2, 0.25) is 0 Å². The average molecular weight is 175 g/mol. The Kier molecular flexibility index (Phi) is 3.07. The molecule has 1 heterocycles. The van der Waals surface area contributed by atoms with Gasteiger partial charge in [0.25, 0.3) is 0 Å². The monoisotopic (exact) mass is 175 g/mol. The van der Waals surface area contributed by atoms with Crippen LogP contribution < -0.4 is 5.73 Å². The second-order valence-corrected chi connectivity index (χ2v) is 3.83. The van der Waals surface area contributed by atoms with Gasteiger partial charge in [-0.15, -0.1) is 0 Å². The zero-order valence-corrected chi connectivity index (χ0v) is 7.85. The molecule has 0 bridgehead atoms. The van der Waals surface area contributed by atoms with Gasteiger partial charge in [-0.2, -0.15) is 0 Å². The lowest BCUT2D eigenvalue weighted by Crippen LogP contribution is -2.47. The molecule has 0 aromatic carbocycles. The van der Waals surface area contributed by atoms with Crippen LogP contribution in [-0.4, -0.2) is 24.9 Å². The van der Waals surface area contributed by atoms with E-state index in [0.717, 1.165) is 12.8 Å². The van der Waals surface area contributed by atoms with Crippen molar-refractivity contribution in [3.05, 3.63) is 0 Å². The molecule has 2 N–H and O–H groups in total. The number of ether oxygens (including phenoxy) is 1. The second-order valence-electron chi connectivity index (χ2n) is 3.83. The van der Waals surface area contributed by atoms with Crippen molar-refractivity contribution in [1.29, 1.82) is 0 Å². The Balaban J connectivity index is 2.53. The van der Waals surface area contributed by atoms with Crippen LogP contribution in [0.4, 0.5) is 4.39 Å². The van der Waals surface area contributed by atoms with Crippen LogP contribution in [-0.2, 0) is 4.74 Å². The Morgan fingerprint density at radius 1 is 1.50 bits per heavy atom. The first-order chi connectivity index (χ1) is 5.55. The molecule has 0 radical (unpaired) electrons. The molecule has 72 valence electrons. The molecule has 2 unspecified atom stereocenters. The molecule has 0 saturated carbocycles. The van der Waals surface area contributed by atoms with E-state index in [4.69, 9.17) is 10.5 Å². The first-order valence-electron chi connectivity index (χ1n) is 4.57. The molecule has 1 aliphatic rings. The van der Waals surface area contributed by atoms with Crippen molar-refractivity contribution < 1.29 is 9.13 Å². The van der Waals surface area contributed by atoms with E-state index in [1.807, 2.05) is 0 Å². The molecule has 2 nitrogen and oxygen atoms in total. The fraction of sp³-hybridized carbons (Fsp3) is 1.00. The van der Waals surface area contributed by atoms with E-state index in [1.165, 1.54) is 0 Å². The lowest BCUT2D eigenvalue weighted by molar-refractivity contribution is -0.0121. The highest BCUT2D eigenvalue weighted by Crippen LogP contribution is 2.32. The van der Waals surface area contributed by atoms with Gasteiger partial charge in [-0.1, -0.05) is 0 Å². The highest BCUT2D eigenvalue weighted by atomic mass is 19.1. The molecular weight excluding hydrogens is 157 g/mol. The molecule has 1 fully saturated rings. The summed E-state index contributed by atoms with van der Waals surface area (Å²) in [6, 6.07) is -0.388. The lowest BCUT2D eigenvalue weighted by Gasteiger charge is -2.35. The van der Waals surface area contributed by atoms with E-state index in [-0.39, 0.29) is 12.0 Å². The minimum atomic E-state index is -1.23. The number of rotatable bonds is 2. The zero-order valence-electron chi connectivity index (χ0n) is 7.85. The van der Waals surface area contributed by atoms with Crippen LogP contribution in [0, 0.1) is 5.92 Å². The lowest BCUT2D eigenvalue weighted by atomic mass is 9.81. The summed E-state index contributed by atoms with van der Waals surface area (Å²) in [5.41, 5.74) is 4.35. The predicted octanol–water partition coefficient (Wildman–Crippen LogP) is 1.49. The number of hydrogen-bond acceptors (Lipinski definition) is 2. The summed E-state index contributed by atoms with van der Waals surface area (Å²) >= 11 is 0. The summed E-state index contributed by atoms with van der Waals surface area (Å²) in [5, 5.41) is 0. The largest absolute Gasteiger partial charge is 0.381 e. The molecule has 1 aliphatic heterocycles. The van der Waals surface area contributed by atoms with Crippen LogP contribution in [0.3, 0.4) is 0 Å². The molecule has 1 saturated heterocycles. The highest BCUT2D eigenvalue weighted by Gasteiger charge is 2.38. The van der Waals surface area contributed by atoms with Crippen LogP contribution in [0.25, 0.3) is 0 Å². The summed E-state index contributed by atoms with van der Waals surface area (Å²) in [6.07, 6.45) is 1.60. The van der Waals surface area contributed by atoms with Crippen LogP contribution in [0.1, 0.15) is 26.7 Å². The molecular formula is C9H18FNO. The van der Waals surface area contributed by atoms with E-state index in [0.29, 0.717) is 13.2 Å². The Morgan fingerprint density at radius 2 is 2.00 bits per heavy atom. The number of alkyl halides is 1. The van der Waals surface area contributed by atoms with Crippen LogP contribution in [0.5, 0.6) is 0 Å². The maximum absolute atomic E-state index is 13.9. The van der Waals surface area contributed by atoms with Crippen molar-refractivity contribution >= 4 is 0 Å². The molecule has 0 aromatic heterocycles. The average Bonchev–Trinajstić information content (AvgIpc) is 2.06. The maximum Gasteiger partial charge on any atom is 0.125 e. The minimum absolute atomic E-state index is 0.0752. The topological polar surface area (TPSA) is 35.2 Å². The number of nitrogens with two attached hydrogens (primary N) is 1. The zero-order chi connectivity index (χ0) is 9.19. The van der Waals surface area contributed by atoms with Gasteiger partial charge in [-0.3, -0.25) is 0 Å². The minimum Gasteiger partial charge on any atom is -0.381 e. The first kappa shape index (κ1) is 9.93. The Hall–Kier alpha value is -0.150. The fourth-order valence-electron chi connectivity index (χ4n) is 1.63. The molecule has 0 aliphatic carbocycles. The van der Waals surface area contributed by atoms with Crippen molar-refractivity contribution in [2.24, 2.45) is 11.7 Å².